The Kier molecular flexibility index (Phi) is 6.05. The molecular weight excluding hydrogens is 408 g/mol. The van der Waals surface area contributed by atoms with Crippen molar-refractivity contribution >= 4 is 17.7 Å². The van der Waals surface area contributed by atoms with E-state index in [0.717, 1.165) is 50.9 Å². The van der Waals surface area contributed by atoms with E-state index < -0.39 is 5.60 Å². The zero-order valence-electron chi connectivity index (χ0n) is 18.3. The third-order valence-corrected chi connectivity index (χ3v) is 6.87. The SMILES string of the molecule is O=C1OC2(CCC(CNc3ccc(OC4CCCCC4)nn3)CC2)CN1c1cccnn1. The van der Waals surface area contributed by atoms with E-state index in [-0.39, 0.29) is 12.2 Å². The van der Waals surface area contributed by atoms with Crippen LogP contribution in [-0.2, 0) is 4.74 Å². The van der Waals surface area contributed by atoms with Gasteiger partial charge in [-0.3, -0.25) is 4.90 Å². The van der Waals surface area contributed by atoms with E-state index in [1.807, 2.05) is 12.1 Å². The van der Waals surface area contributed by atoms with Crippen LogP contribution in [0.2, 0.25) is 0 Å². The van der Waals surface area contributed by atoms with Gasteiger partial charge in [-0.1, -0.05) is 6.42 Å². The number of nitrogens with zero attached hydrogens (tertiary/aromatic N) is 5. The number of carbonyl (C=O) groups is 1. The Morgan fingerprint density at radius 3 is 2.62 bits per heavy atom. The molecule has 1 N–H and O–H groups in total. The largest absolute Gasteiger partial charge is 0.473 e. The van der Waals surface area contributed by atoms with Crippen LogP contribution in [0.15, 0.2) is 30.5 Å². The Balaban J connectivity index is 1.08. The highest BCUT2D eigenvalue weighted by Crippen LogP contribution is 2.40. The molecule has 2 aromatic heterocycles. The lowest BCUT2D eigenvalue weighted by atomic mass is 9.78. The van der Waals surface area contributed by atoms with Crippen LogP contribution in [0.25, 0.3) is 0 Å². The summed E-state index contributed by atoms with van der Waals surface area (Å²) in [4.78, 5) is 14.0. The third-order valence-electron chi connectivity index (χ3n) is 6.87. The third kappa shape index (κ3) is 4.76. The standard InChI is InChI=1S/C23H30N6O3/c30-22-29(20-7-4-14-25-27-20)16-23(32-22)12-10-17(11-13-23)15-24-19-8-9-21(28-26-19)31-18-5-2-1-3-6-18/h4,7-9,14,17-18H,1-3,5-6,10-13,15-16H2,(H,24,26). The molecule has 1 aliphatic heterocycles. The van der Waals surface area contributed by atoms with Crippen LogP contribution >= 0.6 is 0 Å². The Bertz CT molecular complexity index is 896. The van der Waals surface area contributed by atoms with Gasteiger partial charge in [-0.25, -0.2) is 4.79 Å². The molecule has 9 nitrogen and oxygen atoms in total. The summed E-state index contributed by atoms with van der Waals surface area (Å²) < 4.78 is 11.8. The first-order chi connectivity index (χ1) is 15.7. The number of hydrogen-bond acceptors (Lipinski definition) is 8. The molecule has 1 spiro atoms. The number of aromatic nitrogens is 4. The molecule has 0 atom stereocenters. The Morgan fingerprint density at radius 2 is 1.91 bits per heavy atom. The first-order valence-corrected chi connectivity index (χ1v) is 11.7. The van der Waals surface area contributed by atoms with Gasteiger partial charge in [0.1, 0.15) is 17.5 Å². The number of carbonyl (C=O) groups excluding carboxylic acids is 1. The van der Waals surface area contributed by atoms with Gasteiger partial charge in [0, 0.05) is 18.8 Å². The normalized spacial score (nSPS) is 26.2. The van der Waals surface area contributed by atoms with Crippen LogP contribution in [0.3, 0.4) is 0 Å². The van der Waals surface area contributed by atoms with Crippen molar-refractivity contribution in [3.05, 3.63) is 30.5 Å². The predicted molar refractivity (Wildman–Crippen MR) is 119 cm³/mol. The molecule has 1 amide bonds. The van der Waals surface area contributed by atoms with Crippen LogP contribution in [0.1, 0.15) is 57.8 Å². The molecule has 3 fully saturated rings. The van der Waals surface area contributed by atoms with Gasteiger partial charge in [0.05, 0.1) is 6.54 Å². The number of anilines is 2. The average Bonchev–Trinajstić information content (AvgIpc) is 3.16. The van der Waals surface area contributed by atoms with Crippen molar-refractivity contribution in [1.29, 1.82) is 0 Å². The summed E-state index contributed by atoms with van der Waals surface area (Å²) in [5, 5.41) is 19.8. The molecule has 3 heterocycles. The van der Waals surface area contributed by atoms with Gasteiger partial charge in [0.2, 0.25) is 5.88 Å². The fourth-order valence-corrected chi connectivity index (χ4v) is 4.98. The fourth-order valence-electron chi connectivity index (χ4n) is 4.98. The van der Waals surface area contributed by atoms with Crippen LogP contribution in [0.5, 0.6) is 5.88 Å². The van der Waals surface area contributed by atoms with Gasteiger partial charge >= 0.3 is 6.09 Å². The quantitative estimate of drug-likeness (QED) is 0.723. The van der Waals surface area contributed by atoms with Crippen LogP contribution in [0.4, 0.5) is 16.4 Å². The van der Waals surface area contributed by atoms with Crippen LogP contribution in [-0.4, -0.2) is 51.3 Å². The number of nitrogens with one attached hydrogen (secondary N) is 1. The maximum absolute atomic E-state index is 12.4. The van der Waals surface area contributed by atoms with E-state index in [2.05, 4.69) is 25.7 Å². The predicted octanol–water partition coefficient (Wildman–Crippen LogP) is 3.98. The molecule has 1 saturated heterocycles. The second-order valence-electron chi connectivity index (χ2n) is 9.18. The maximum atomic E-state index is 12.4. The molecular formula is C23H30N6O3. The van der Waals surface area contributed by atoms with Crippen LogP contribution in [0, 0.1) is 5.92 Å². The van der Waals surface area contributed by atoms with Crippen molar-refractivity contribution < 1.29 is 14.3 Å². The van der Waals surface area contributed by atoms with E-state index in [4.69, 9.17) is 9.47 Å². The minimum Gasteiger partial charge on any atom is -0.473 e. The minimum atomic E-state index is -0.414. The molecule has 0 radical (unpaired) electrons. The molecule has 2 aliphatic carbocycles. The first kappa shape index (κ1) is 20.9. The van der Waals surface area contributed by atoms with Gasteiger partial charge in [-0.05, 0) is 75.5 Å². The second-order valence-corrected chi connectivity index (χ2v) is 9.18. The molecule has 170 valence electrons. The van der Waals surface area contributed by atoms with Gasteiger partial charge in [-0.2, -0.15) is 5.10 Å². The van der Waals surface area contributed by atoms with Gasteiger partial charge < -0.3 is 14.8 Å². The zero-order valence-corrected chi connectivity index (χ0v) is 18.3. The molecule has 2 saturated carbocycles. The number of rotatable bonds is 6. The van der Waals surface area contributed by atoms with E-state index in [0.29, 0.717) is 24.2 Å². The van der Waals surface area contributed by atoms with Crippen molar-refractivity contribution in [2.24, 2.45) is 5.92 Å². The highest BCUT2D eigenvalue weighted by Gasteiger charge is 2.48. The lowest BCUT2D eigenvalue weighted by Gasteiger charge is -2.35. The average molecular weight is 439 g/mol. The second kappa shape index (κ2) is 9.26. The van der Waals surface area contributed by atoms with Crippen molar-refractivity contribution in [1.82, 2.24) is 20.4 Å². The molecule has 2 aromatic rings. The molecule has 0 aromatic carbocycles. The van der Waals surface area contributed by atoms with Crippen molar-refractivity contribution in [3.8, 4) is 5.88 Å². The van der Waals surface area contributed by atoms with Gasteiger partial charge in [-0.15, -0.1) is 15.3 Å². The lowest BCUT2D eigenvalue weighted by molar-refractivity contribution is 0.0148. The monoisotopic (exact) mass is 438 g/mol. The number of hydrogen-bond donors (Lipinski definition) is 1. The smallest absolute Gasteiger partial charge is 0.416 e. The van der Waals surface area contributed by atoms with Crippen LogP contribution < -0.4 is 15.0 Å². The topological polar surface area (TPSA) is 102 Å². The van der Waals surface area contributed by atoms with E-state index >= 15 is 0 Å². The molecule has 3 aliphatic rings. The first-order valence-electron chi connectivity index (χ1n) is 11.7. The Hall–Kier alpha value is -2.97. The Labute approximate surface area is 187 Å². The highest BCUT2D eigenvalue weighted by molar-refractivity contribution is 5.89. The Morgan fingerprint density at radius 1 is 1.06 bits per heavy atom. The summed E-state index contributed by atoms with van der Waals surface area (Å²) >= 11 is 0. The van der Waals surface area contributed by atoms with Gasteiger partial charge in [0.25, 0.3) is 0 Å². The highest BCUT2D eigenvalue weighted by atomic mass is 16.6. The molecule has 0 bridgehead atoms. The molecule has 5 rings (SSSR count). The van der Waals surface area contributed by atoms with E-state index in [9.17, 15) is 4.79 Å². The fraction of sp³-hybridized carbons (Fsp3) is 0.609. The summed E-state index contributed by atoms with van der Waals surface area (Å²) in [6.45, 7) is 1.37. The molecule has 9 heteroatoms. The minimum absolute atomic E-state index is 0.279. The maximum Gasteiger partial charge on any atom is 0.416 e. The summed E-state index contributed by atoms with van der Waals surface area (Å²) in [6.07, 6.45) is 11.2. The molecule has 32 heavy (non-hydrogen) atoms. The number of amides is 1. The van der Waals surface area contributed by atoms with Crippen molar-refractivity contribution in [3.63, 3.8) is 0 Å². The summed E-state index contributed by atoms with van der Waals surface area (Å²) in [5.41, 5.74) is -0.414. The lowest BCUT2D eigenvalue weighted by Crippen LogP contribution is -2.39. The number of ether oxygens (including phenoxy) is 2. The van der Waals surface area contributed by atoms with Crippen molar-refractivity contribution in [2.75, 3.05) is 23.3 Å². The summed E-state index contributed by atoms with van der Waals surface area (Å²) in [5.74, 6) is 2.43. The summed E-state index contributed by atoms with van der Waals surface area (Å²) in [6, 6.07) is 7.40. The van der Waals surface area contributed by atoms with E-state index in [1.165, 1.54) is 19.3 Å². The van der Waals surface area contributed by atoms with Crippen molar-refractivity contribution in [2.45, 2.75) is 69.5 Å². The zero-order chi connectivity index (χ0) is 21.8. The van der Waals surface area contributed by atoms with Gasteiger partial charge in [0.15, 0.2) is 5.82 Å². The summed E-state index contributed by atoms with van der Waals surface area (Å²) in [7, 11) is 0. The van der Waals surface area contributed by atoms with E-state index in [1.54, 1.807) is 23.2 Å². The molecule has 0 unspecified atom stereocenters.